The number of hydrogen-bond acceptors (Lipinski definition) is 1. The molecular weight excluding hydrogens is 234 g/mol. The SMILES string of the molecule is CC(Cl)/C=C/C(=O)N(CCC(C)C)CC(C)C. The zero-order chi connectivity index (χ0) is 13.4. The topological polar surface area (TPSA) is 20.3 Å². The van der Waals surface area contributed by atoms with Crippen molar-refractivity contribution in [3.63, 3.8) is 0 Å². The maximum atomic E-state index is 12.0. The summed E-state index contributed by atoms with van der Waals surface area (Å²) in [6.45, 7) is 12.1. The van der Waals surface area contributed by atoms with Crippen LogP contribution in [0.25, 0.3) is 0 Å². The molecule has 0 aromatic carbocycles. The summed E-state index contributed by atoms with van der Waals surface area (Å²) >= 11 is 5.80. The largest absolute Gasteiger partial charge is 0.339 e. The van der Waals surface area contributed by atoms with Crippen molar-refractivity contribution in [1.29, 1.82) is 0 Å². The Morgan fingerprint density at radius 2 is 1.76 bits per heavy atom. The van der Waals surface area contributed by atoms with Crippen molar-refractivity contribution in [2.24, 2.45) is 11.8 Å². The maximum absolute atomic E-state index is 12.0. The summed E-state index contributed by atoms with van der Waals surface area (Å²) < 4.78 is 0. The molecule has 0 saturated carbocycles. The average Bonchev–Trinajstić information content (AvgIpc) is 2.19. The molecule has 1 amide bonds. The number of amides is 1. The van der Waals surface area contributed by atoms with Gasteiger partial charge in [-0.05, 0) is 25.2 Å². The Hall–Kier alpha value is -0.500. The van der Waals surface area contributed by atoms with Crippen LogP contribution >= 0.6 is 11.6 Å². The molecule has 0 radical (unpaired) electrons. The first-order valence-corrected chi connectivity index (χ1v) is 6.87. The average molecular weight is 260 g/mol. The molecule has 3 heteroatoms. The van der Waals surface area contributed by atoms with Crippen LogP contribution in [0.3, 0.4) is 0 Å². The highest BCUT2D eigenvalue weighted by Crippen LogP contribution is 2.07. The third-order valence-electron chi connectivity index (χ3n) is 2.38. The van der Waals surface area contributed by atoms with Crippen molar-refractivity contribution >= 4 is 17.5 Å². The highest BCUT2D eigenvalue weighted by Gasteiger charge is 2.12. The summed E-state index contributed by atoms with van der Waals surface area (Å²) in [5.41, 5.74) is 0. The molecule has 0 heterocycles. The summed E-state index contributed by atoms with van der Waals surface area (Å²) in [4.78, 5) is 13.9. The van der Waals surface area contributed by atoms with Gasteiger partial charge in [0.05, 0.1) is 0 Å². The predicted octanol–water partition coefficient (Wildman–Crippen LogP) is 3.70. The number of carbonyl (C=O) groups is 1. The molecular formula is C14H26ClNO. The summed E-state index contributed by atoms with van der Waals surface area (Å²) in [6, 6.07) is 0. The lowest BCUT2D eigenvalue weighted by Crippen LogP contribution is -2.34. The second-order valence-corrected chi connectivity index (χ2v) is 6.09. The fraction of sp³-hybridized carbons (Fsp3) is 0.786. The van der Waals surface area contributed by atoms with Crippen LogP contribution in [0, 0.1) is 11.8 Å². The molecule has 2 nitrogen and oxygen atoms in total. The Morgan fingerprint density at radius 1 is 1.18 bits per heavy atom. The number of halogens is 1. The fourth-order valence-electron chi connectivity index (χ4n) is 1.47. The minimum atomic E-state index is -0.0926. The molecule has 1 atom stereocenters. The van der Waals surface area contributed by atoms with Crippen LogP contribution < -0.4 is 0 Å². The first-order chi connectivity index (χ1) is 7.82. The molecule has 0 saturated heterocycles. The van der Waals surface area contributed by atoms with Gasteiger partial charge in [-0.3, -0.25) is 4.79 Å². The van der Waals surface area contributed by atoms with Gasteiger partial charge >= 0.3 is 0 Å². The minimum Gasteiger partial charge on any atom is -0.339 e. The Balaban J connectivity index is 4.39. The number of carbonyl (C=O) groups excluding carboxylic acids is 1. The van der Waals surface area contributed by atoms with Crippen LogP contribution in [0.2, 0.25) is 0 Å². The van der Waals surface area contributed by atoms with Gasteiger partial charge < -0.3 is 4.90 Å². The Labute approximate surface area is 111 Å². The lowest BCUT2D eigenvalue weighted by molar-refractivity contribution is -0.126. The van der Waals surface area contributed by atoms with E-state index in [1.807, 2.05) is 11.8 Å². The van der Waals surface area contributed by atoms with Crippen molar-refractivity contribution in [2.75, 3.05) is 13.1 Å². The zero-order valence-electron chi connectivity index (χ0n) is 11.7. The summed E-state index contributed by atoms with van der Waals surface area (Å²) in [6.07, 6.45) is 4.38. The molecule has 0 aliphatic carbocycles. The molecule has 1 unspecified atom stereocenters. The highest BCUT2D eigenvalue weighted by atomic mass is 35.5. The van der Waals surface area contributed by atoms with E-state index in [0.29, 0.717) is 11.8 Å². The van der Waals surface area contributed by atoms with Crippen molar-refractivity contribution < 1.29 is 4.79 Å². The summed E-state index contributed by atoms with van der Waals surface area (Å²) in [5.74, 6) is 1.19. The van der Waals surface area contributed by atoms with Crippen LogP contribution in [0.15, 0.2) is 12.2 Å². The van der Waals surface area contributed by atoms with Crippen LogP contribution in [0.1, 0.15) is 41.0 Å². The zero-order valence-corrected chi connectivity index (χ0v) is 12.5. The molecule has 0 aliphatic rings. The van der Waals surface area contributed by atoms with Gasteiger partial charge in [0, 0.05) is 24.5 Å². The number of alkyl halides is 1. The van der Waals surface area contributed by atoms with Gasteiger partial charge in [0.25, 0.3) is 0 Å². The minimum absolute atomic E-state index is 0.0758. The van der Waals surface area contributed by atoms with Crippen LogP contribution in [0.5, 0.6) is 0 Å². The Kier molecular flexibility index (Phi) is 8.32. The first kappa shape index (κ1) is 16.5. The van der Waals surface area contributed by atoms with E-state index >= 15 is 0 Å². The van der Waals surface area contributed by atoms with Crippen LogP contribution in [0.4, 0.5) is 0 Å². The molecule has 0 rings (SSSR count). The quantitative estimate of drug-likeness (QED) is 0.504. The van der Waals surface area contributed by atoms with E-state index in [4.69, 9.17) is 11.6 Å². The molecule has 0 aromatic heterocycles. The van der Waals surface area contributed by atoms with E-state index in [-0.39, 0.29) is 11.3 Å². The molecule has 0 bridgehead atoms. The van der Waals surface area contributed by atoms with Crippen molar-refractivity contribution in [2.45, 2.75) is 46.4 Å². The molecule has 0 spiro atoms. The van der Waals surface area contributed by atoms with E-state index in [0.717, 1.165) is 19.5 Å². The maximum Gasteiger partial charge on any atom is 0.246 e. The van der Waals surface area contributed by atoms with Gasteiger partial charge in [-0.25, -0.2) is 0 Å². The predicted molar refractivity (Wildman–Crippen MR) is 75.3 cm³/mol. The standard InChI is InChI=1S/C14H26ClNO/c1-11(2)8-9-16(10-12(3)4)14(17)7-6-13(5)15/h6-7,11-13H,8-10H2,1-5H3/b7-6+. The van der Waals surface area contributed by atoms with E-state index in [2.05, 4.69) is 27.7 Å². The Morgan fingerprint density at radius 3 is 2.18 bits per heavy atom. The van der Waals surface area contributed by atoms with Gasteiger partial charge in [-0.2, -0.15) is 0 Å². The van der Waals surface area contributed by atoms with Crippen LogP contribution in [-0.2, 0) is 4.79 Å². The van der Waals surface area contributed by atoms with E-state index in [9.17, 15) is 4.79 Å². The number of rotatable bonds is 7. The third kappa shape index (κ3) is 9.22. The number of allylic oxidation sites excluding steroid dienone is 1. The lowest BCUT2D eigenvalue weighted by atomic mass is 10.1. The Bertz CT molecular complexity index is 247. The van der Waals surface area contributed by atoms with Crippen LogP contribution in [-0.4, -0.2) is 29.3 Å². The number of hydrogen-bond donors (Lipinski definition) is 0. The van der Waals surface area contributed by atoms with Gasteiger partial charge in [0.15, 0.2) is 0 Å². The van der Waals surface area contributed by atoms with Crippen molar-refractivity contribution in [3.8, 4) is 0 Å². The fourth-order valence-corrected chi connectivity index (χ4v) is 1.54. The van der Waals surface area contributed by atoms with Gasteiger partial charge in [-0.15, -0.1) is 11.6 Å². The normalized spacial score (nSPS) is 13.6. The lowest BCUT2D eigenvalue weighted by Gasteiger charge is -2.24. The number of nitrogens with zero attached hydrogens (tertiary/aromatic N) is 1. The van der Waals surface area contributed by atoms with Gasteiger partial charge in [0.2, 0.25) is 5.91 Å². The van der Waals surface area contributed by atoms with Crippen molar-refractivity contribution in [1.82, 2.24) is 4.90 Å². The highest BCUT2D eigenvalue weighted by molar-refractivity contribution is 6.21. The molecule has 0 N–H and O–H groups in total. The second-order valence-electron chi connectivity index (χ2n) is 5.40. The van der Waals surface area contributed by atoms with Gasteiger partial charge in [-0.1, -0.05) is 33.8 Å². The summed E-state index contributed by atoms with van der Waals surface area (Å²) in [7, 11) is 0. The molecule has 100 valence electrons. The summed E-state index contributed by atoms with van der Waals surface area (Å²) in [5, 5.41) is -0.0926. The molecule has 0 aromatic rings. The van der Waals surface area contributed by atoms with E-state index in [1.165, 1.54) is 0 Å². The van der Waals surface area contributed by atoms with E-state index in [1.54, 1.807) is 12.2 Å². The van der Waals surface area contributed by atoms with E-state index < -0.39 is 0 Å². The first-order valence-electron chi connectivity index (χ1n) is 6.44. The molecule has 0 aliphatic heterocycles. The van der Waals surface area contributed by atoms with Gasteiger partial charge in [0.1, 0.15) is 0 Å². The molecule has 0 fully saturated rings. The monoisotopic (exact) mass is 259 g/mol. The van der Waals surface area contributed by atoms with Crippen molar-refractivity contribution in [3.05, 3.63) is 12.2 Å². The smallest absolute Gasteiger partial charge is 0.246 e. The second kappa shape index (κ2) is 8.57. The molecule has 17 heavy (non-hydrogen) atoms. The third-order valence-corrected chi connectivity index (χ3v) is 2.52.